The van der Waals surface area contributed by atoms with Gasteiger partial charge in [-0.05, 0) is 24.0 Å². The minimum absolute atomic E-state index is 0.0655. The number of nitrogens with zero attached hydrogens (tertiary/aromatic N) is 3. The SMILES string of the molecule is CCCS(=O)(=O)c1c(N)nsc1NCc1ccnn1C. The zero-order chi connectivity index (χ0) is 14.8. The van der Waals surface area contributed by atoms with Crippen molar-refractivity contribution in [2.75, 3.05) is 16.8 Å². The molecule has 0 fully saturated rings. The van der Waals surface area contributed by atoms with Gasteiger partial charge in [-0.15, -0.1) is 0 Å². The Balaban J connectivity index is 2.24. The maximum Gasteiger partial charge on any atom is 0.185 e. The molecular formula is C11H17N5O2S2. The van der Waals surface area contributed by atoms with E-state index in [1.54, 1.807) is 10.9 Å². The lowest BCUT2D eigenvalue weighted by molar-refractivity contribution is 0.595. The van der Waals surface area contributed by atoms with Crippen LogP contribution in [0.1, 0.15) is 19.0 Å². The van der Waals surface area contributed by atoms with E-state index in [4.69, 9.17) is 5.73 Å². The van der Waals surface area contributed by atoms with Crippen LogP contribution in [-0.4, -0.2) is 28.3 Å². The van der Waals surface area contributed by atoms with Crippen LogP contribution in [0.25, 0.3) is 0 Å². The normalized spacial score (nSPS) is 11.7. The summed E-state index contributed by atoms with van der Waals surface area (Å²) in [6, 6.07) is 1.86. The minimum atomic E-state index is -3.39. The molecule has 0 aromatic carbocycles. The number of nitrogen functional groups attached to an aromatic ring is 1. The molecule has 0 radical (unpaired) electrons. The Hall–Kier alpha value is -1.61. The third kappa shape index (κ3) is 2.93. The van der Waals surface area contributed by atoms with Crippen LogP contribution in [0.3, 0.4) is 0 Å². The second kappa shape index (κ2) is 5.80. The fraction of sp³-hybridized carbons (Fsp3) is 0.455. The first kappa shape index (κ1) is 14.8. The highest BCUT2D eigenvalue weighted by Crippen LogP contribution is 2.32. The molecule has 0 unspecified atom stereocenters. The molecule has 2 rings (SSSR count). The summed E-state index contributed by atoms with van der Waals surface area (Å²) in [4.78, 5) is 0.117. The number of nitrogens with one attached hydrogen (secondary N) is 1. The molecule has 0 aliphatic heterocycles. The van der Waals surface area contributed by atoms with Crippen LogP contribution >= 0.6 is 11.5 Å². The van der Waals surface area contributed by atoms with Gasteiger partial charge in [-0.3, -0.25) is 4.68 Å². The Bertz CT molecular complexity index is 689. The molecule has 110 valence electrons. The maximum absolute atomic E-state index is 12.2. The molecule has 9 heteroatoms. The van der Waals surface area contributed by atoms with Crippen molar-refractivity contribution in [3.05, 3.63) is 18.0 Å². The van der Waals surface area contributed by atoms with E-state index >= 15 is 0 Å². The number of aryl methyl sites for hydroxylation is 1. The van der Waals surface area contributed by atoms with Gasteiger partial charge in [0.25, 0.3) is 0 Å². The van der Waals surface area contributed by atoms with Crippen LogP contribution < -0.4 is 11.1 Å². The van der Waals surface area contributed by atoms with Gasteiger partial charge in [-0.25, -0.2) is 8.42 Å². The Morgan fingerprint density at radius 1 is 1.50 bits per heavy atom. The molecule has 0 saturated carbocycles. The Morgan fingerprint density at radius 2 is 2.25 bits per heavy atom. The molecule has 0 amide bonds. The Labute approximate surface area is 121 Å². The average molecular weight is 315 g/mol. The summed E-state index contributed by atoms with van der Waals surface area (Å²) in [5.74, 6) is 0.131. The summed E-state index contributed by atoms with van der Waals surface area (Å²) < 4.78 is 30.0. The number of anilines is 2. The van der Waals surface area contributed by atoms with Gasteiger partial charge in [-0.2, -0.15) is 9.47 Å². The zero-order valence-corrected chi connectivity index (χ0v) is 13.0. The average Bonchev–Trinajstić information content (AvgIpc) is 2.93. The molecule has 2 aromatic heterocycles. The fourth-order valence-electron chi connectivity index (χ4n) is 1.82. The van der Waals surface area contributed by atoms with Crippen molar-refractivity contribution in [1.29, 1.82) is 0 Å². The first-order chi connectivity index (χ1) is 9.45. The molecule has 2 heterocycles. The molecule has 0 saturated heterocycles. The lowest BCUT2D eigenvalue weighted by atomic mass is 10.4. The topological polar surface area (TPSA) is 103 Å². The highest BCUT2D eigenvalue weighted by atomic mass is 32.2. The minimum Gasteiger partial charge on any atom is -0.382 e. The maximum atomic E-state index is 12.2. The number of aromatic nitrogens is 3. The van der Waals surface area contributed by atoms with Gasteiger partial charge in [0.2, 0.25) is 0 Å². The molecule has 20 heavy (non-hydrogen) atoms. The van der Waals surface area contributed by atoms with Gasteiger partial charge in [0.15, 0.2) is 15.7 Å². The summed E-state index contributed by atoms with van der Waals surface area (Å²) in [5, 5.41) is 7.62. The van der Waals surface area contributed by atoms with E-state index in [0.717, 1.165) is 17.2 Å². The lowest BCUT2D eigenvalue weighted by Crippen LogP contribution is -2.11. The van der Waals surface area contributed by atoms with Crippen molar-refractivity contribution < 1.29 is 8.42 Å². The highest BCUT2D eigenvalue weighted by molar-refractivity contribution is 7.91. The largest absolute Gasteiger partial charge is 0.382 e. The number of sulfone groups is 1. The third-order valence-electron chi connectivity index (χ3n) is 2.81. The summed E-state index contributed by atoms with van der Waals surface area (Å²) >= 11 is 1.06. The van der Waals surface area contributed by atoms with Crippen molar-refractivity contribution >= 4 is 32.2 Å². The van der Waals surface area contributed by atoms with E-state index in [0.29, 0.717) is 18.0 Å². The summed E-state index contributed by atoms with van der Waals surface area (Å²) in [7, 11) is -1.57. The van der Waals surface area contributed by atoms with Gasteiger partial charge in [0.05, 0.1) is 18.0 Å². The smallest absolute Gasteiger partial charge is 0.185 e. The van der Waals surface area contributed by atoms with Gasteiger partial charge in [0, 0.05) is 13.2 Å². The fourth-order valence-corrected chi connectivity index (χ4v) is 4.44. The number of nitrogens with two attached hydrogens (primary N) is 1. The van der Waals surface area contributed by atoms with Crippen LogP contribution in [0, 0.1) is 0 Å². The number of rotatable bonds is 6. The summed E-state index contributed by atoms with van der Waals surface area (Å²) in [6.45, 7) is 2.28. The first-order valence-corrected chi connectivity index (χ1v) is 8.57. The zero-order valence-electron chi connectivity index (χ0n) is 11.3. The van der Waals surface area contributed by atoms with Gasteiger partial charge < -0.3 is 11.1 Å². The van der Waals surface area contributed by atoms with E-state index in [1.807, 2.05) is 20.0 Å². The van der Waals surface area contributed by atoms with Crippen molar-refractivity contribution in [2.24, 2.45) is 7.05 Å². The van der Waals surface area contributed by atoms with Crippen molar-refractivity contribution in [1.82, 2.24) is 14.2 Å². The van der Waals surface area contributed by atoms with Crippen LogP contribution in [0.5, 0.6) is 0 Å². The predicted molar refractivity (Wildman–Crippen MR) is 79.4 cm³/mol. The van der Waals surface area contributed by atoms with E-state index in [1.165, 1.54) is 0 Å². The summed E-state index contributed by atoms with van der Waals surface area (Å²) in [6.07, 6.45) is 2.23. The molecular weight excluding hydrogens is 298 g/mol. The quantitative estimate of drug-likeness (QED) is 0.831. The molecule has 3 N–H and O–H groups in total. The van der Waals surface area contributed by atoms with E-state index in [2.05, 4.69) is 14.8 Å². The van der Waals surface area contributed by atoms with Crippen molar-refractivity contribution in [3.8, 4) is 0 Å². The second-order valence-electron chi connectivity index (χ2n) is 4.34. The molecule has 0 atom stereocenters. The van der Waals surface area contributed by atoms with Gasteiger partial charge in [0.1, 0.15) is 9.90 Å². The van der Waals surface area contributed by atoms with Crippen molar-refractivity contribution in [3.63, 3.8) is 0 Å². The summed E-state index contributed by atoms with van der Waals surface area (Å²) in [5.41, 5.74) is 6.64. The van der Waals surface area contributed by atoms with Crippen LogP contribution in [0.15, 0.2) is 17.2 Å². The molecule has 2 aromatic rings. The van der Waals surface area contributed by atoms with E-state index in [9.17, 15) is 8.42 Å². The highest BCUT2D eigenvalue weighted by Gasteiger charge is 2.24. The second-order valence-corrected chi connectivity index (χ2v) is 7.16. The van der Waals surface area contributed by atoms with Crippen molar-refractivity contribution in [2.45, 2.75) is 24.8 Å². The molecule has 7 nitrogen and oxygen atoms in total. The first-order valence-electron chi connectivity index (χ1n) is 6.14. The lowest BCUT2D eigenvalue weighted by Gasteiger charge is -2.07. The van der Waals surface area contributed by atoms with Crippen LogP contribution in [0.4, 0.5) is 10.8 Å². The Morgan fingerprint density at radius 3 is 2.85 bits per heavy atom. The van der Waals surface area contributed by atoms with E-state index in [-0.39, 0.29) is 16.5 Å². The van der Waals surface area contributed by atoms with Crippen LogP contribution in [0.2, 0.25) is 0 Å². The third-order valence-corrected chi connectivity index (χ3v) is 5.74. The van der Waals surface area contributed by atoms with E-state index < -0.39 is 9.84 Å². The molecule has 0 bridgehead atoms. The van der Waals surface area contributed by atoms with Crippen LogP contribution in [-0.2, 0) is 23.4 Å². The van der Waals surface area contributed by atoms with Gasteiger partial charge >= 0.3 is 0 Å². The standard InChI is InChI=1S/C11H17N5O2S2/c1-3-6-20(17,18)9-10(12)15-19-11(9)13-7-8-4-5-14-16(8)2/h4-5,13H,3,6-7H2,1-2H3,(H2,12,15). The number of hydrogen-bond acceptors (Lipinski definition) is 7. The molecule has 0 aliphatic rings. The molecule has 0 spiro atoms. The Kier molecular flexibility index (Phi) is 4.29. The monoisotopic (exact) mass is 315 g/mol. The number of hydrogen-bond donors (Lipinski definition) is 2. The predicted octanol–water partition coefficient (Wildman–Crippen LogP) is 1.25. The van der Waals surface area contributed by atoms with Gasteiger partial charge in [-0.1, -0.05) is 6.92 Å². The molecule has 0 aliphatic carbocycles.